The van der Waals surface area contributed by atoms with Gasteiger partial charge in [-0.25, -0.2) is 17.5 Å². The van der Waals surface area contributed by atoms with E-state index in [-0.39, 0.29) is 10.7 Å². The molecule has 2 aromatic heterocycles. The van der Waals surface area contributed by atoms with Gasteiger partial charge in [0.1, 0.15) is 11.6 Å². The number of aromatic nitrogens is 3. The molecule has 0 unspecified atom stereocenters. The summed E-state index contributed by atoms with van der Waals surface area (Å²) in [6, 6.07) is 14.8. The van der Waals surface area contributed by atoms with Gasteiger partial charge in [0.05, 0.1) is 40.7 Å². The van der Waals surface area contributed by atoms with Crippen LogP contribution in [-0.4, -0.2) is 49.5 Å². The highest BCUT2D eigenvalue weighted by Crippen LogP contribution is 2.28. The number of rotatable bonds is 5. The molecule has 4 aromatic rings. The number of aryl methyl sites for hydroxylation is 1. The summed E-state index contributed by atoms with van der Waals surface area (Å²) >= 11 is 0. The normalized spacial score (nSPS) is 14.5. The largest absolute Gasteiger partial charge is 0.378 e. The average molecular weight is 468 g/mol. The Morgan fingerprint density at radius 3 is 2.64 bits per heavy atom. The fourth-order valence-corrected chi connectivity index (χ4v) is 4.98. The van der Waals surface area contributed by atoms with Crippen molar-refractivity contribution in [3.8, 4) is 5.69 Å². The second-order valence-electron chi connectivity index (χ2n) is 7.75. The molecule has 170 valence electrons. The molecule has 10 heteroatoms. The van der Waals surface area contributed by atoms with Crippen LogP contribution in [-0.2, 0) is 14.8 Å². The highest BCUT2D eigenvalue weighted by Gasteiger charge is 2.22. The Hall–Kier alpha value is -3.50. The molecule has 1 N–H and O–H groups in total. The summed E-state index contributed by atoms with van der Waals surface area (Å²) in [5.41, 5.74) is 2.43. The molecule has 0 bridgehead atoms. The topological polar surface area (TPSA) is 89.4 Å². The van der Waals surface area contributed by atoms with E-state index in [1.54, 1.807) is 19.2 Å². The van der Waals surface area contributed by atoms with Gasteiger partial charge in [-0.15, -0.1) is 0 Å². The summed E-state index contributed by atoms with van der Waals surface area (Å²) < 4.78 is 50.5. The van der Waals surface area contributed by atoms with Crippen LogP contribution < -0.4 is 9.62 Å². The number of nitrogens with one attached hydrogen (secondary N) is 1. The van der Waals surface area contributed by atoms with Crippen molar-refractivity contribution in [2.75, 3.05) is 35.9 Å². The Bertz CT molecular complexity index is 1430. The van der Waals surface area contributed by atoms with Crippen LogP contribution in [0.25, 0.3) is 16.6 Å². The zero-order valence-electron chi connectivity index (χ0n) is 17.9. The number of pyridine rings is 1. The molecule has 3 heterocycles. The first-order valence-corrected chi connectivity index (χ1v) is 12.0. The highest BCUT2D eigenvalue weighted by molar-refractivity contribution is 7.92. The van der Waals surface area contributed by atoms with Gasteiger partial charge in [-0.3, -0.25) is 9.71 Å². The van der Waals surface area contributed by atoms with Crippen molar-refractivity contribution in [2.24, 2.45) is 0 Å². The SMILES string of the molecule is Cc1cc(NS(=O)(=O)c2ccc(N3CCOCC3)c(F)c2)n(-c2cccc3ncccc23)n1. The third-order valence-electron chi connectivity index (χ3n) is 5.50. The second kappa shape index (κ2) is 8.45. The number of fused-ring (bicyclic) bond motifs is 1. The molecule has 0 radical (unpaired) electrons. The van der Waals surface area contributed by atoms with E-state index in [4.69, 9.17) is 4.74 Å². The van der Waals surface area contributed by atoms with Gasteiger partial charge < -0.3 is 9.64 Å². The number of halogens is 1. The van der Waals surface area contributed by atoms with Gasteiger partial charge in [0.25, 0.3) is 10.0 Å². The van der Waals surface area contributed by atoms with Gasteiger partial charge in [0.2, 0.25) is 0 Å². The van der Waals surface area contributed by atoms with E-state index in [1.165, 1.54) is 16.8 Å². The van der Waals surface area contributed by atoms with Crippen molar-refractivity contribution in [2.45, 2.75) is 11.8 Å². The van der Waals surface area contributed by atoms with Crippen LogP contribution in [0, 0.1) is 12.7 Å². The van der Waals surface area contributed by atoms with Crippen LogP contribution >= 0.6 is 0 Å². The van der Waals surface area contributed by atoms with Crippen molar-refractivity contribution in [3.63, 3.8) is 0 Å². The van der Waals surface area contributed by atoms with E-state index in [9.17, 15) is 12.8 Å². The van der Waals surface area contributed by atoms with Crippen molar-refractivity contribution in [1.29, 1.82) is 0 Å². The summed E-state index contributed by atoms with van der Waals surface area (Å²) in [5.74, 6) is -0.342. The van der Waals surface area contributed by atoms with E-state index >= 15 is 0 Å². The molecule has 0 amide bonds. The smallest absolute Gasteiger partial charge is 0.263 e. The third kappa shape index (κ3) is 4.14. The lowest BCUT2D eigenvalue weighted by atomic mass is 10.2. The molecule has 0 aliphatic carbocycles. The Morgan fingerprint density at radius 1 is 1.03 bits per heavy atom. The molecule has 5 rings (SSSR count). The molecule has 8 nitrogen and oxygen atoms in total. The number of hydrogen-bond acceptors (Lipinski definition) is 6. The van der Waals surface area contributed by atoms with Gasteiger partial charge in [-0.05, 0) is 49.4 Å². The van der Waals surface area contributed by atoms with E-state index in [0.29, 0.717) is 43.4 Å². The van der Waals surface area contributed by atoms with Gasteiger partial charge in [-0.1, -0.05) is 6.07 Å². The molecule has 0 saturated carbocycles. The molecule has 1 aliphatic heterocycles. The zero-order valence-corrected chi connectivity index (χ0v) is 18.7. The first kappa shape index (κ1) is 21.4. The maximum atomic E-state index is 14.8. The van der Waals surface area contributed by atoms with Crippen molar-refractivity contribution in [3.05, 3.63) is 72.3 Å². The fraction of sp³-hybridized carbons (Fsp3) is 0.217. The number of anilines is 2. The van der Waals surface area contributed by atoms with E-state index in [2.05, 4.69) is 14.8 Å². The lowest BCUT2D eigenvalue weighted by molar-refractivity contribution is 0.122. The zero-order chi connectivity index (χ0) is 23.0. The Labute approximate surface area is 190 Å². The lowest BCUT2D eigenvalue weighted by Crippen LogP contribution is -2.36. The molecule has 1 aliphatic rings. The minimum absolute atomic E-state index is 0.165. The van der Waals surface area contributed by atoms with Crippen molar-refractivity contribution in [1.82, 2.24) is 14.8 Å². The van der Waals surface area contributed by atoms with Gasteiger partial charge >= 0.3 is 0 Å². The maximum Gasteiger partial charge on any atom is 0.263 e. The van der Waals surface area contributed by atoms with Crippen LogP contribution in [0.3, 0.4) is 0 Å². The monoisotopic (exact) mass is 467 g/mol. The van der Waals surface area contributed by atoms with Crippen LogP contribution in [0.2, 0.25) is 0 Å². The highest BCUT2D eigenvalue weighted by atomic mass is 32.2. The molecule has 1 saturated heterocycles. The second-order valence-corrected chi connectivity index (χ2v) is 9.43. The lowest BCUT2D eigenvalue weighted by Gasteiger charge is -2.29. The summed E-state index contributed by atoms with van der Waals surface area (Å²) in [6.07, 6.45) is 1.69. The first-order chi connectivity index (χ1) is 15.9. The number of benzene rings is 2. The fourth-order valence-electron chi connectivity index (χ4n) is 3.94. The molecular weight excluding hydrogens is 445 g/mol. The van der Waals surface area contributed by atoms with Crippen LogP contribution in [0.1, 0.15) is 5.69 Å². The molecular formula is C23H22FN5O3S. The first-order valence-electron chi connectivity index (χ1n) is 10.5. The predicted molar refractivity (Wildman–Crippen MR) is 124 cm³/mol. The van der Waals surface area contributed by atoms with E-state index in [1.807, 2.05) is 35.2 Å². The molecule has 1 fully saturated rings. The van der Waals surface area contributed by atoms with E-state index in [0.717, 1.165) is 17.0 Å². The quantitative estimate of drug-likeness (QED) is 0.483. The Kier molecular flexibility index (Phi) is 5.47. The number of ether oxygens (including phenoxy) is 1. The summed E-state index contributed by atoms with van der Waals surface area (Å²) in [5, 5.41) is 5.29. The minimum Gasteiger partial charge on any atom is -0.378 e. The van der Waals surface area contributed by atoms with Crippen molar-refractivity contribution >= 4 is 32.4 Å². The van der Waals surface area contributed by atoms with E-state index < -0.39 is 15.8 Å². The predicted octanol–water partition coefficient (Wildman–Crippen LogP) is 3.51. The Balaban J connectivity index is 1.49. The average Bonchev–Trinajstić information content (AvgIpc) is 3.18. The van der Waals surface area contributed by atoms with Crippen molar-refractivity contribution < 1.29 is 17.5 Å². The number of morpholine rings is 1. The number of nitrogens with zero attached hydrogens (tertiary/aromatic N) is 4. The van der Waals surface area contributed by atoms with Gasteiger partial charge in [0, 0.05) is 30.7 Å². The number of sulfonamides is 1. The third-order valence-corrected chi connectivity index (χ3v) is 6.85. The van der Waals surface area contributed by atoms with Crippen LogP contribution in [0.15, 0.2) is 65.7 Å². The molecule has 0 spiro atoms. The number of hydrogen-bond donors (Lipinski definition) is 1. The molecule has 2 aromatic carbocycles. The summed E-state index contributed by atoms with van der Waals surface area (Å²) in [6.45, 7) is 3.90. The standard InChI is InChI=1S/C23H22FN5O3S/c1-16-14-23(29(26-16)21-6-2-5-20-18(21)4-3-9-25-20)27-33(30,31)17-7-8-22(19(24)15-17)28-10-12-32-13-11-28/h2-9,14-15,27H,10-13H2,1H3. The molecule has 33 heavy (non-hydrogen) atoms. The minimum atomic E-state index is -4.06. The molecule has 0 atom stereocenters. The van der Waals surface area contributed by atoms with Crippen LogP contribution in [0.5, 0.6) is 0 Å². The van der Waals surface area contributed by atoms with Crippen LogP contribution in [0.4, 0.5) is 15.9 Å². The maximum absolute atomic E-state index is 14.8. The Morgan fingerprint density at radius 2 is 1.85 bits per heavy atom. The summed E-state index contributed by atoms with van der Waals surface area (Å²) in [4.78, 5) is 6.03. The van der Waals surface area contributed by atoms with Gasteiger partial charge in [-0.2, -0.15) is 5.10 Å². The summed E-state index contributed by atoms with van der Waals surface area (Å²) in [7, 11) is -4.06. The van der Waals surface area contributed by atoms with Gasteiger partial charge in [0.15, 0.2) is 0 Å².